The summed E-state index contributed by atoms with van der Waals surface area (Å²) in [6.45, 7) is 1.99. The fourth-order valence-corrected chi connectivity index (χ4v) is 4.37. The van der Waals surface area contributed by atoms with Gasteiger partial charge in [0.15, 0.2) is 0 Å². The first-order chi connectivity index (χ1) is 13.2. The Morgan fingerprint density at radius 1 is 1.00 bits per heavy atom. The monoisotopic (exact) mass is 381 g/mol. The van der Waals surface area contributed by atoms with Crippen LogP contribution in [-0.2, 0) is 0 Å². The second-order valence-electron chi connectivity index (χ2n) is 7.11. The third kappa shape index (κ3) is 3.50. The van der Waals surface area contributed by atoms with Gasteiger partial charge in [0.05, 0.1) is 13.2 Å². The minimum atomic E-state index is -0.0881. The highest BCUT2D eigenvalue weighted by Crippen LogP contribution is 2.43. The first kappa shape index (κ1) is 18.1. The van der Waals surface area contributed by atoms with Crippen LogP contribution in [0.5, 0.6) is 11.5 Å². The molecule has 0 spiro atoms. The van der Waals surface area contributed by atoms with Crippen molar-refractivity contribution < 1.29 is 9.84 Å². The highest BCUT2D eigenvalue weighted by atomic mass is 35.5. The van der Waals surface area contributed by atoms with E-state index in [2.05, 4.69) is 11.0 Å². The van der Waals surface area contributed by atoms with Crippen molar-refractivity contribution in [3.05, 3.63) is 70.7 Å². The second-order valence-corrected chi connectivity index (χ2v) is 7.51. The van der Waals surface area contributed by atoms with E-state index in [1.807, 2.05) is 42.5 Å². The number of halogens is 1. The molecule has 0 aromatic heterocycles. The van der Waals surface area contributed by atoms with Crippen LogP contribution in [-0.4, -0.2) is 30.2 Å². The summed E-state index contributed by atoms with van der Waals surface area (Å²) < 4.78 is 5.45. The van der Waals surface area contributed by atoms with Crippen LogP contribution in [0.4, 0.5) is 0 Å². The molecule has 4 heteroatoms. The van der Waals surface area contributed by atoms with Crippen molar-refractivity contribution in [2.45, 2.75) is 25.3 Å². The topological polar surface area (TPSA) is 32.7 Å². The summed E-state index contributed by atoms with van der Waals surface area (Å²) in [5.41, 5.74) is 1.94. The predicted molar refractivity (Wildman–Crippen MR) is 111 cm³/mol. The zero-order chi connectivity index (χ0) is 18.8. The summed E-state index contributed by atoms with van der Waals surface area (Å²) in [6.07, 6.45) is 3.58. The van der Waals surface area contributed by atoms with Crippen LogP contribution in [0.15, 0.2) is 54.6 Å². The number of hydrogen-bond donors (Lipinski definition) is 1. The van der Waals surface area contributed by atoms with E-state index < -0.39 is 0 Å². The van der Waals surface area contributed by atoms with Crippen molar-refractivity contribution in [2.24, 2.45) is 0 Å². The van der Waals surface area contributed by atoms with Crippen LogP contribution in [0, 0.1) is 0 Å². The van der Waals surface area contributed by atoms with Crippen molar-refractivity contribution in [3.8, 4) is 11.5 Å². The molecule has 1 atom stereocenters. The Balaban J connectivity index is 1.97. The Hall–Kier alpha value is -2.23. The number of nitrogens with zero attached hydrogens (tertiary/aromatic N) is 1. The summed E-state index contributed by atoms with van der Waals surface area (Å²) in [5, 5.41) is 13.7. The van der Waals surface area contributed by atoms with Gasteiger partial charge in [0.2, 0.25) is 0 Å². The minimum Gasteiger partial charge on any atom is -0.508 e. The SMILES string of the molecule is COc1ccc2ccc(O)c(C(c3ccccc3Cl)N3CCCCC3)c2c1. The summed E-state index contributed by atoms with van der Waals surface area (Å²) in [5.74, 6) is 1.08. The van der Waals surface area contributed by atoms with E-state index in [0.717, 1.165) is 58.6 Å². The molecule has 0 saturated carbocycles. The average molecular weight is 382 g/mol. The van der Waals surface area contributed by atoms with Gasteiger partial charge in [-0.05, 0) is 66.5 Å². The van der Waals surface area contributed by atoms with Gasteiger partial charge in [0, 0.05) is 10.6 Å². The highest BCUT2D eigenvalue weighted by Gasteiger charge is 2.29. The number of phenols is 1. The third-order valence-corrected chi connectivity index (χ3v) is 5.82. The molecule has 1 aliphatic heterocycles. The minimum absolute atomic E-state index is 0.0881. The molecule has 140 valence electrons. The maximum atomic E-state index is 10.9. The van der Waals surface area contributed by atoms with Gasteiger partial charge in [-0.15, -0.1) is 0 Å². The summed E-state index contributed by atoms with van der Waals surface area (Å²) in [7, 11) is 1.67. The molecule has 3 aromatic carbocycles. The fraction of sp³-hybridized carbons (Fsp3) is 0.304. The fourth-order valence-electron chi connectivity index (χ4n) is 4.13. The number of likely N-dealkylation sites (tertiary alicyclic amines) is 1. The molecule has 1 fully saturated rings. The van der Waals surface area contributed by atoms with E-state index in [-0.39, 0.29) is 6.04 Å². The lowest BCUT2D eigenvalue weighted by Gasteiger charge is -2.36. The van der Waals surface area contributed by atoms with Crippen LogP contribution in [0.25, 0.3) is 10.8 Å². The molecule has 1 aliphatic rings. The molecule has 27 heavy (non-hydrogen) atoms. The van der Waals surface area contributed by atoms with Crippen molar-refractivity contribution in [1.82, 2.24) is 4.90 Å². The lowest BCUT2D eigenvalue weighted by Crippen LogP contribution is -2.34. The summed E-state index contributed by atoms with van der Waals surface area (Å²) >= 11 is 6.62. The maximum absolute atomic E-state index is 10.9. The van der Waals surface area contributed by atoms with E-state index in [1.54, 1.807) is 13.2 Å². The van der Waals surface area contributed by atoms with Gasteiger partial charge in [-0.3, -0.25) is 4.90 Å². The van der Waals surface area contributed by atoms with E-state index in [4.69, 9.17) is 16.3 Å². The Morgan fingerprint density at radius 3 is 2.48 bits per heavy atom. The van der Waals surface area contributed by atoms with Crippen molar-refractivity contribution in [2.75, 3.05) is 20.2 Å². The maximum Gasteiger partial charge on any atom is 0.121 e. The van der Waals surface area contributed by atoms with Gasteiger partial charge >= 0.3 is 0 Å². The van der Waals surface area contributed by atoms with Crippen LogP contribution >= 0.6 is 11.6 Å². The van der Waals surface area contributed by atoms with Crippen LogP contribution < -0.4 is 4.74 Å². The third-order valence-electron chi connectivity index (χ3n) is 5.48. The van der Waals surface area contributed by atoms with Crippen LogP contribution in [0.1, 0.15) is 36.4 Å². The number of methoxy groups -OCH3 is 1. The highest BCUT2D eigenvalue weighted by molar-refractivity contribution is 6.31. The average Bonchev–Trinajstić information content (AvgIpc) is 2.71. The Morgan fingerprint density at radius 2 is 1.74 bits per heavy atom. The quantitative estimate of drug-likeness (QED) is 0.621. The Bertz CT molecular complexity index is 950. The Labute approximate surface area is 165 Å². The molecule has 1 heterocycles. The van der Waals surface area contributed by atoms with Gasteiger partial charge in [0.1, 0.15) is 11.5 Å². The van der Waals surface area contributed by atoms with E-state index in [1.165, 1.54) is 6.42 Å². The summed E-state index contributed by atoms with van der Waals surface area (Å²) in [6, 6.07) is 17.6. The largest absolute Gasteiger partial charge is 0.508 e. The van der Waals surface area contributed by atoms with Gasteiger partial charge < -0.3 is 9.84 Å². The standard InChI is InChI=1S/C23H24ClNO2/c1-27-17-11-9-16-10-12-21(26)22(19(16)15-17)23(25-13-5-2-6-14-25)18-7-3-4-8-20(18)24/h3-4,7-12,15,23,26H,2,5-6,13-14H2,1H3. The molecular formula is C23H24ClNO2. The zero-order valence-corrected chi connectivity index (χ0v) is 16.2. The molecule has 1 N–H and O–H groups in total. The van der Waals surface area contributed by atoms with Crippen molar-refractivity contribution in [3.63, 3.8) is 0 Å². The predicted octanol–water partition coefficient (Wildman–Crippen LogP) is 5.78. The van der Waals surface area contributed by atoms with E-state index in [0.29, 0.717) is 5.75 Å². The summed E-state index contributed by atoms with van der Waals surface area (Å²) in [4.78, 5) is 2.44. The molecule has 4 rings (SSSR count). The van der Waals surface area contributed by atoms with Crippen molar-refractivity contribution in [1.29, 1.82) is 0 Å². The number of aromatic hydroxyl groups is 1. The van der Waals surface area contributed by atoms with Crippen LogP contribution in [0.3, 0.4) is 0 Å². The number of piperidine rings is 1. The number of benzene rings is 3. The van der Waals surface area contributed by atoms with Gasteiger partial charge in [-0.2, -0.15) is 0 Å². The van der Waals surface area contributed by atoms with E-state index in [9.17, 15) is 5.11 Å². The number of hydrogen-bond acceptors (Lipinski definition) is 3. The normalized spacial score (nSPS) is 16.4. The molecule has 1 saturated heterocycles. The molecule has 0 aliphatic carbocycles. The van der Waals surface area contributed by atoms with Gasteiger partial charge in [-0.25, -0.2) is 0 Å². The number of ether oxygens (including phenoxy) is 1. The smallest absolute Gasteiger partial charge is 0.121 e. The zero-order valence-electron chi connectivity index (χ0n) is 15.5. The number of fused-ring (bicyclic) bond motifs is 1. The molecule has 0 bridgehead atoms. The molecule has 1 unspecified atom stereocenters. The van der Waals surface area contributed by atoms with Crippen molar-refractivity contribution >= 4 is 22.4 Å². The first-order valence-electron chi connectivity index (χ1n) is 9.47. The Kier molecular flexibility index (Phi) is 5.24. The van der Waals surface area contributed by atoms with E-state index >= 15 is 0 Å². The number of rotatable bonds is 4. The lowest BCUT2D eigenvalue weighted by atomic mass is 9.90. The lowest BCUT2D eigenvalue weighted by molar-refractivity contribution is 0.186. The number of phenolic OH excluding ortho intramolecular Hbond substituents is 1. The molecular weight excluding hydrogens is 358 g/mol. The molecule has 0 amide bonds. The first-order valence-corrected chi connectivity index (χ1v) is 9.85. The van der Waals surface area contributed by atoms with Gasteiger partial charge in [0.25, 0.3) is 0 Å². The molecule has 3 nitrogen and oxygen atoms in total. The molecule has 0 radical (unpaired) electrons. The van der Waals surface area contributed by atoms with Gasteiger partial charge in [-0.1, -0.05) is 48.4 Å². The molecule has 3 aromatic rings. The second kappa shape index (κ2) is 7.79. The van der Waals surface area contributed by atoms with Crippen LogP contribution in [0.2, 0.25) is 5.02 Å².